The van der Waals surface area contributed by atoms with Crippen LogP contribution in [0, 0.1) is 0 Å². The fourth-order valence-corrected chi connectivity index (χ4v) is 1.69. The van der Waals surface area contributed by atoms with Crippen LogP contribution in [-0.4, -0.2) is 20.3 Å². The predicted molar refractivity (Wildman–Crippen MR) is 64.4 cm³/mol. The summed E-state index contributed by atoms with van der Waals surface area (Å²) in [6.07, 6.45) is -3.39. The first kappa shape index (κ1) is 15.0. The Morgan fingerprint density at radius 1 is 1.33 bits per heavy atom. The highest BCUT2D eigenvalue weighted by Gasteiger charge is 2.30. The van der Waals surface area contributed by atoms with Gasteiger partial charge in [-0.1, -0.05) is 19.1 Å². The van der Waals surface area contributed by atoms with E-state index in [1.54, 1.807) is 6.07 Å². The number of halogens is 3. The minimum Gasteiger partial charge on any atom is -0.383 e. The van der Waals surface area contributed by atoms with E-state index in [4.69, 9.17) is 4.74 Å². The Bertz CT molecular complexity index is 365. The molecule has 1 unspecified atom stereocenters. The average molecular weight is 261 g/mol. The van der Waals surface area contributed by atoms with Crippen molar-refractivity contribution in [1.29, 1.82) is 0 Å². The first-order chi connectivity index (χ1) is 8.49. The van der Waals surface area contributed by atoms with E-state index in [1.807, 2.05) is 6.92 Å². The van der Waals surface area contributed by atoms with Gasteiger partial charge in [0.15, 0.2) is 0 Å². The smallest absolute Gasteiger partial charge is 0.383 e. The van der Waals surface area contributed by atoms with E-state index in [0.29, 0.717) is 12.2 Å². The Balaban J connectivity index is 2.90. The lowest BCUT2D eigenvalue weighted by Gasteiger charge is -2.19. The minimum atomic E-state index is -4.31. The molecule has 5 heteroatoms. The predicted octanol–water partition coefficient (Wildman–Crippen LogP) is 3.39. The molecule has 18 heavy (non-hydrogen) atoms. The average Bonchev–Trinajstić information content (AvgIpc) is 2.33. The van der Waals surface area contributed by atoms with Crippen LogP contribution >= 0.6 is 0 Å². The molecule has 1 atom stereocenters. The Hall–Kier alpha value is -1.07. The number of alkyl halides is 3. The van der Waals surface area contributed by atoms with Crippen molar-refractivity contribution < 1.29 is 17.9 Å². The van der Waals surface area contributed by atoms with E-state index in [-0.39, 0.29) is 6.04 Å². The summed E-state index contributed by atoms with van der Waals surface area (Å²) in [5, 5.41) is 3.17. The number of ether oxygens (including phenoxy) is 1. The van der Waals surface area contributed by atoms with E-state index >= 15 is 0 Å². The number of hydrogen-bond donors (Lipinski definition) is 1. The van der Waals surface area contributed by atoms with Crippen LogP contribution in [0.2, 0.25) is 0 Å². The van der Waals surface area contributed by atoms with Gasteiger partial charge in [-0.25, -0.2) is 0 Å². The van der Waals surface area contributed by atoms with Gasteiger partial charge in [0, 0.05) is 7.11 Å². The Kier molecular flexibility index (Phi) is 5.62. The van der Waals surface area contributed by atoms with Gasteiger partial charge in [-0.2, -0.15) is 13.2 Å². The van der Waals surface area contributed by atoms with Gasteiger partial charge in [-0.3, -0.25) is 0 Å². The Morgan fingerprint density at radius 3 is 2.61 bits per heavy atom. The summed E-state index contributed by atoms with van der Waals surface area (Å²) in [5.74, 6) is 0. The number of nitrogens with one attached hydrogen (secondary N) is 1. The van der Waals surface area contributed by atoms with Gasteiger partial charge in [0.05, 0.1) is 18.2 Å². The summed E-state index contributed by atoms with van der Waals surface area (Å²) in [5.41, 5.74) is -0.0282. The van der Waals surface area contributed by atoms with Crippen LogP contribution in [0.5, 0.6) is 0 Å². The zero-order chi connectivity index (χ0) is 13.6. The molecule has 1 aromatic rings. The molecular formula is C13H18F3NO. The molecule has 1 aromatic carbocycles. The lowest BCUT2D eigenvalue weighted by Crippen LogP contribution is -2.26. The van der Waals surface area contributed by atoms with Crippen molar-refractivity contribution in [2.45, 2.75) is 25.6 Å². The van der Waals surface area contributed by atoms with E-state index in [9.17, 15) is 13.2 Å². The molecule has 0 amide bonds. The first-order valence-electron chi connectivity index (χ1n) is 5.88. The van der Waals surface area contributed by atoms with Crippen LogP contribution in [0.25, 0.3) is 0 Å². The third kappa shape index (κ3) is 4.31. The zero-order valence-corrected chi connectivity index (χ0v) is 10.6. The van der Waals surface area contributed by atoms with E-state index < -0.39 is 11.7 Å². The molecule has 0 aliphatic carbocycles. The molecule has 0 aromatic heterocycles. The second-order valence-electron chi connectivity index (χ2n) is 4.09. The largest absolute Gasteiger partial charge is 0.416 e. The maximum atomic E-state index is 12.6. The lowest BCUT2D eigenvalue weighted by molar-refractivity contribution is -0.137. The zero-order valence-electron chi connectivity index (χ0n) is 10.6. The second kappa shape index (κ2) is 6.75. The summed E-state index contributed by atoms with van der Waals surface area (Å²) in [6.45, 7) is 3.09. The fourth-order valence-electron chi connectivity index (χ4n) is 1.69. The number of rotatable bonds is 6. The second-order valence-corrected chi connectivity index (χ2v) is 4.09. The highest BCUT2D eigenvalue weighted by atomic mass is 19.4. The molecular weight excluding hydrogens is 243 g/mol. The van der Waals surface area contributed by atoms with Crippen molar-refractivity contribution in [3.63, 3.8) is 0 Å². The quantitative estimate of drug-likeness (QED) is 0.847. The van der Waals surface area contributed by atoms with Gasteiger partial charge in [-0.05, 0) is 30.7 Å². The first-order valence-corrected chi connectivity index (χ1v) is 5.88. The van der Waals surface area contributed by atoms with Gasteiger partial charge in [0.2, 0.25) is 0 Å². The molecule has 0 saturated heterocycles. The molecule has 0 spiro atoms. The van der Waals surface area contributed by atoms with Crippen molar-refractivity contribution in [1.82, 2.24) is 5.32 Å². The molecule has 1 N–H and O–H groups in total. The third-order valence-corrected chi connectivity index (χ3v) is 2.59. The van der Waals surface area contributed by atoms with Gasteiger partial charge >= 0.3 is 6.18 Å². The molecule has 0 aliphatic rings. The van der Waals surface area contributed by atoms with E-state index in [2.05, 4.69) is 5.32 Å². The van der Waals surface area contributed by atoms with Crippen molar-refractivity contribution >= 4 is 0 Å². The van der Waals surface area contributed by atoms with Crippen LogP contribution in [0.4, 0.5) is 13.2 Å². The highest BCUT2D eigenvalue weighted by molar-refractivity contribution is 5.28. The molecule has 0 radical (unpaired) electrons. The van der Waals surface area contributed by atoms with Crippen LogP contribution in [0.3, 0.4) is 0 Å². The maximum Gasteiger partial charge on any atom is 0.416 e. The molecule has 102 valence electrons. The third-order valence-electron chi connectivity index (χ3n) is 2.59. The Morgan fingerprint density at radius 2 is 2.06 bits per heavy atom. The van der Waals surface area contributed by atoms with Gasteiger partial charge < -0.3 is 10.1 Å². The number of methoxy groups -OCH3 is 1. The van der Waals surface area contributed by atoms with Gasteiger partial charge in [0.1, 0.15) is 0 Å². The van der Waals surface area contributed by atoms with Crippen molar-refractivity contribution in [2.75, 3.05) is 20.3 Å². The SMILES string of the molecule is CCCNC(COC)c1cccc(C(F)(F)F)c1. The molecule has 1 rings (SSSR count). The van der Waals surface area contributed by atoms with Crippen LogP contribution < -0.4 is 5.32 Å². The molecule has 0 fully saturated rings. The summed E-state index contributed by atoms with van der Waals surface area (Å²) in [7, 11) is 1.54. The van der Waals surface area contributed by atoms with Crippen LogP contribution in [0.15, 0.2) is 24.3 Å². The van der Waals surface area contributed by atoms with Gasteiger partial charge in [-0.15, -0.1) is 0 Å². The van der Waals surface area contributed by atoms with E-state index in [1.165, 1.54) is 19.2 Å². The van der Waals surface area contributed by atoms with Crippen molar-refractivity contribution in [3.8, 4) is 0 Å². The maximum absolute atomic E-state index is 12.6. The molecule has 0 heterocycles. The minimum absolute atomic E-state index is 0.211. The topological polar surface area (TPSA) is 21.3 Å². The summed E-state index contributed by atoms with van der Waals surface area (Å²) in [6, 6.07) is 5.15. The summed E-state index contributed by atoms with van der Waals surface area (Å²) in [4.78, 5) is 0. The van der Waals surface area contributed by atoms with Crippen LogP contribution in [-0.2, 0) is 10.9 Å². The van der Waals surface area contributed by atoms with Crippen molar-refractivity contribution in [2.24, 2.45) is 0 Å². The normalized spacial score (nSPS) is 13.6. The number of benzene rings is 1. The Labute approximate surface area is 105 Å². The van der Waals surface area contributed by atoms with Gasteiger partial charge in [0.25, 0.3) is 0 Å². The monoisotopic (exact) mass is 261 g/mol. The molecule has 0 saturated carbocycles. The number of hydrogen-bond acceptors (Lipinski definition) is 2. The van der Waals surface area contributed by atoms with Crippen molar-refractivity contribution in [3.05, 3.63) is 35.4 Å². The fraction of sp³-hybridized carbons (Fsp3) is 0.538. The standard InChI is InChI=1S/C13H18F3NO/c1-3-7-17-12(9-18-2)10-5-4-6-11(8-10)13(14,15)16/h4-6,8,12,17H,3,7,9H2,1-2H3. The highest BCUT2D eigenvalue weighted by Crippen LogP contribution is 2.30. The molecule has 2 nitrogen and oxygen atoms in total. The summed E-state index contributed by atoms with van der Waals surface area (Å²) >= 11 is 0. The lowest BCUT2D eigenvalue weighted by atomic mass is 10.0. The molecule has 0 aliphatic heterocycles. The summed E-state index contributed by atoms with van der Waals surface area (Å²) < 4.78 is 42.9. The van der Waals surface area contributed by atoms with Crippen LogP contribution in [0.1, 0.15) is 30.5 Å². The molecule has 0 bridgehead atoms. The van der Waals surface area contributed by atoms with E-state index in [0.717, 1.165) is 19.0 Å².